The van der Waals surface area contributed by atoms with Crippen molar-refractivity contribution in [1.82, 2.24) is 15.6 Å². The largest absolute Gasteiger partial charge is 0.480 e. The summed E-state index contributed by atoms with van der Waals surface area (Å²) in [5.41, 5.74) is 1.40. The maximum atomic E-state index is 11.9. The molecule has 0 spiro atoms. The number of benzene rings is 1. The molecule has 27 heavy (non-hydrogen) atoms. The van der Waals surface area contributed by atoms with Gasteiger partial charge < -0.3 is 20.5 Å². The van der Waals surface area contributed by atoms with Crippen LogP contribution in [-0.2, 0) is 27.4 Å². The molecule has 0 radical (unpaired) electrons. The third-order valence-corrected chi connectivity index (χ3v) is 3.69. The number of carbonyl (C=O) groups is 3. The average Bonchev–Trinajstić information content (AvgIpc) is 2.66. The normalized spacial score (nSPS) is 11.3. The van der Waals surface area contributed by atoms with Crippen LogP contribution in [0.3, 0.4) is 0 Å². The van der Waals surface area contributed by atoms with Crippen molar-refractivity contribution in [2.75, 3.05) is 6.54 Å². The number of carbonyl (C=O) groups excluding carboxylic acids is 2. The van der Waals surface area contributed by atoms with E-state index in [0.29, 0.717) is 5.56 Å². The maximum absolute atomic E-state index is 11.9. The fourth-order valence-corrected chi connectivity index (χ4v) is 2.25. The second-order valence-corrected chi connectivity index (χ2v) is 5.95. The summed E-state index contributed by atoms with van der Waals surface area (Å²) in [5.74, 6) is -1.86. The Bertz CT molecular complexity index is 783. The molecule has 2 aromatic rings. The number of amides is 2. The second kappa shape index (κ2) is 10.1. The molecule has 142 valence electrons. The fraction of sp³-hybridized carbons (Fsp3) is 0.222. The zero-order chi connectivity index (χ0) is 19.6. The Morgan fingerprint density at radius 2 is 1.85 bits per heavy atom. The minimum Gasteiger partial charge on any atom is -0.480 e. The van der Waals surface area contributed by atoms with E-state index in [4.69, 9.17) is 16.3 Å². The number of nitrogens with one attached hydrogen (secondary N) is 2. The Balaban J connectivity index is 1.77. The lowest BCUT2D eigenvalue weighted by Crippen LogP contribution is -2.46. The molecule has 0 saturated carbocycles. The zero-order valence-electron chi connectivity index (χ0n) is 14.2. The molecule has 3 N–H and O–H groups in total. The maximum Gasteiger partial charge on any atom is 0.407 e. The van der Waals surface area contributed by atoms with E-state index in [9.17, 15) is 19.5 Å². The van der Waals surface area contributed by atoms with Gasteiger partial charge in [0.15, 0.2) is 0 Å². The molecule has 0 aliphatic rings. The van der Waals surface area contributed by atoms with Crippen molar-refractivity contribution in [3.05, 3.63) is 64.9 Å². The van der Waals surface area contributed by atoms with E-state index in [0.717, 1.165) is 5.56 Å². The smallest absolute Gasteiger partial charge is 0.407 e. The average molecular weight is 392 g/mol. The Labute approximate surface area is 160 Å². The van der Waals surface area contributed by atoms with Crippen LogP contribution in [0.4, 0.5) is 4.79 Å². The number of pyridine rings is 1. The van der Waals surface area contributed by atoms with E-state index < -0.39 is 30.6 Å². The lowest BCUT2D eigenvalue weighted by molar-refractivity contribution is -0.141. The number of carboxylic acid groups (broad SMARTS) is 1. The molecule has 1 aromatic carbocycles. The first kappa shape index (κ1) is 20.2. The summed E-state index contributed by atoms with van der Waals surface area (Å²) < 4.78 is 4.97. The second-order valence-electron chi connectivity index (χ2n) is 5.57. The van der Waals surface area contributed by atoms with Crippen LogP contribution in [0.1, 0.15) is 11.1 Å². The summed E-state index contributed by atoms with van der Waals surface area (Å²) in [5, 5.41) is 14.1. The highest BCUT2D eigenvalue weighted by atomic mass is 35.5. The lowest BCUT2D eigenvalue weighted by atomic mass is 10.1. The molecule has 9 heteroatoms. The molecule has 0 bridgehead atoms. The zero-order valence-corrected chi connectivity index (χ0v) is 15.0. The third-order valence-electron chi connectivity index (χ3n) is 3.47. The van der Waals surface area contributed by atoms with E-state index >= 15 is 0 Å². The minimum absolute atomic E-state index is 0.0314. The van der Waals surface area contributed by atoms with E-state index in [1.165, 1.54) is 12.3 Å². The number of hydrogen-bond donors (Lipinski definition) is 3. The summed E-state index contributed by atoms with van der Waals surface area (Å²) in [6.45, 7) is -0.341. The Morgan fingerprint density at radius 1 is 1.11 bits per heavy atom. The Hall–Kier alpha value is -3.13. The summed E-state index contributed by atoms with van der Waals surface area (Å²) in [6, 6.07) is 11.0. The van der Waals surface area contributed by atoms with Crippen molar-refractivity contribution in [3.8, 4) is 0 Å². The van der Waals surface area contributed by atoms with E-state index in [-0.39, 0.29) is 18.2 Å². The molecule has 0 unspecified atom stereocenters. The van der Waals surface area contributed by atoms with Crippen LogP contribution < -0.4 is 10.6 Å². The standard InChI is InChI=1S/C18H18ClN3O5/c19-15-7-6-13(9-20-15)8-14(17(24)25)22-16(23)10-21-18(26)27-11-12-4-2-1-3-5-12/h1-7,9,14H,8,10-11H2,(H,21,26)(H,22,23)(H,24,25)/t14-/m0/s1. The van der Waals surface area contributed by atoms with E-state index in [1.807, 2.05) is 18.2 Å². The molecule has 1 heterocycles. The van der Waals surface area contributed by atoms with Gasteiger partial charge in [-0.3, -0.25) is 4.79 Å². The number of hydrogen-bond acceptors (Lipinski definition) is 5. The first-order valence-electron chi connectivity index (χ1n) is 8.01. The number of carboxylic acids is 1. The highest BCUT2D eigenvalue weighted by molar-refractivity contribution is 6.29. The van der Waals surface area contributed by atoms with Crippen molar-refractivity contribution in [2.24, 2.45) is 0 Å². The van der Waals surface area contributed by atoms with Crippen molar-refractivity contribution in [3.63, 3.8) is 0 Å². The summed E-state index contributed by atoms with van der Waals surface area (Å²) in [4.78, 5) is 38.7. The number of alkyl carbamates (subject to hydrolysis) is 1. The van der Waals surface area contributed by atoms with Crippen LogP contribution >= 0.6 is 11.6 Å². The van der Waals surface area contributed by atoms with Gasteiger partial charge in [-0.15, -0.1) is 0 Å². The summed E-state index contributed by atoms with van der Waals surface area (Å²) in [7, 11) is 0. The molecular formula is C18H18ClN3O5. The number of ether oxygens (including phenoxy) is 1. The van der Waals surface area contributed by atoms with Gasteiger partial charge in [0, 0.05) is 12.6 Å². The van der Waals surface area contributed by atoms with Crippen LogP contribution in [0.5, 0.6) is 0 Å². The van der Waals surface area contributed by atoms with Crippen molar-refractivity contribution < 1.29 is 24.2 Å². The van der Waals surface area contributed by atoms with Gasteiger partial charge in [0.1, 0.15) is 24.3 Å². The lowest BCUT2D eigenvalue weighted by Gasteiger charge is -2.15. The molecule has 8 nitrogen and oxygen atoms in total. The molecule has 1 aromatic heterocycles. The molecule has 0 aliphatic carbocycles. The van der Waals surface area contributed by atoms with Crippen LogP contribution in [0.2, 0.25) is 5.15 Å². The van der Waals surface area contributed by atoms with Crippen LogP contribution in [0, 0.1) is 0 Å². The van der Waals surface area contributed by atoms with E-state index in [1.54, 1.807) is 18.2 Å². The summed E-state index contributed by atoms with van der Waals surface area (Å²) in [6.07, 6.45) is 0.690. The molecule has 0 fully saturated rings. The van der Waals surface area contributed by atoms with Crippen molar-refractivity contribution >= 4 is 29.6 Å². The number of aliphatic carboxylic acids is 1. The monoisotopic (exact) mass is 391 g/mol. The van der Waals surface area contributed by atoms with Gasteiger partial charge in [-0.2, -0.15) is 0 Å². The summed E-state index contributed by atoms with van der Waals surface area (Å²) >= 11 is 5.68. The van der Waals surface area contributed by atoms with Gasteiger partial charge >= 0.3 is 12.1 Å². The predicted octanol–water partition coefficient (Wildman–Crippen LogP) is 1.77. The molecule has 2 rings (SSSR count). The first-order chi connectivity index (χ1) is 12.9. The number of nitrogens with zero attached hydrogens (tertiary/aromatic N) is 1. The number of rotatable bonds is 8. The Kier molecular flexibility index (Phi) is 7.57. The molecule has 2 amide bonds. The third kappa shape index (κ3) is 7.33. The van der Waals surface area contributed by atoms with Crippen molar-refractivity contribution in [2.45, 2.75) is 19.1 Å². The number of halogens is 1. The van der Waals surface area contributed by atoms with Gasteiger partial charge in [0.05, 0.1) is 0 Å². The van der Waals surface area contributed by atoms with Crippen LogP contribution in [0.15, 0.2) is 48.7 Å². The fourth-order valence-electron chi connectivity index (χ4n) is 2.13. The SMILES string of the molecule is O=C(CNC(=O)OCc1ccccc1)N[C@@H](Cc1ccc(Cl)nc1)C(=O)O. The molecular weight excluding hydrogens is 374 g/mol. The van der Waals surface area contributed by atoms with Gasteiger partial charge in [0.25, 0.3) is 0 Å². The quantitative estimate of drug-likeness (QED) is 0.590. The van der Waals surface area contributed by atoms with Gasteiger partial charge in [0.2, 0.25) is 5.91 Å². The highest BCUT2D eigenvalue weighted by Gasteiger charge is 2.21. The molecule has 1 atom stereocenters. The molecule has 0 saturated heterocycles. The highest BCUT2D eigenvalue weighted by Crippen LogP contribution is 2.07. The topological polar surface area (TPSA) is 118 Å². The van der Waals surface area contributed by atoms with Crippen molar-refractivity contribution in [1.29, 1.82) is 0 Å². The first-order valence-corrected chi connectivity index (χ1v) is 8.39. The van der Waals surface area contributed by atoms with Gasteiger partial charge in [-0.05, 0) is 17.2 Å². The van der Waals surface area contributed by atoms with Crippen LogP contribution in [0.25, 0.3) is 0 Å². The Morgan fingerprint density at radius 3 is 2.48 bits per heavy atom. The predicted molar refractivity (Wildman–Crippen MR) is 97.1 cm³/mol. The van der Waals surface area contributed by atoms with Gasteiger partial charge in [-0.25, -0.2) is 14.6 Å². The minimum atomic E-state index is -1.20. The van der Waals surface area contributed by atoms with Gasteiger partial charge in [-0.1, -0.05) is 48.0 Å². The van der Waals surface area contributed by atoms with Crippen LogP contribution in [-0.4, -0.2) is 40.6 Å². The number of aromatic nitrogens is 1. The molecule has 0 aliphatic heterocycles. The van der Waals surface area contributed by atoms with E-state index in [2.05, 4.69) is 15.6 Å².